The summed E-state index contributed by atoms with van der Waals surface area (Å²) < 4.78 is 7.71. The van der Waals surface area contributed by atoms with E-state index in [-0.39, 0.29) is 0 Å². The van der Waals surface area contributed by atoms with Crippen molar-refractivity contribution < 1.29 is 4.42 Å². The lowest BCUT2D eigenvalue weighted by atomic mass is 10.4. The Bertz CT molecular complexity index is 693. The van der Waals surface area contributed by atoms with Crippen molar-refractivity contribution in [3.05, 3.63) is 35.3 Å². The maximum atomic E-state index is 5.37. The SMILES string of the molecule is CNc1nc(-c2occc2Br)nc(-n2cccn2)n1. The van der Waals surface area contributed by atoms with Crippen LogP contribution in [-0.4, -0.2) is 31.8 Å². The van der Waals surface area contributed by atoms with Crippen LogP contribution in [0.15, 0.2) is 39.7 Å². The Labute approximate surface area is 116 Å². The molecule has 3 rings (SSSR count). The molecule has 0 atom stereocenters. The van der Waals surface area contributed by atoms with Gasteiger partial charge in [-0.2, -0.15) is 20.1 Å². The van der Waals surface area contributed by atoms with E-state index in [1.165, 1.54) is 0 Å². The fourth-order valence-corrected chi connectivity index (χ4v) is 1.90. The van der Waals surface area contributed by atoms with Crippen molar-refractivity contribution in [1.29, 1.82) is 0 Å². The highest BCUT2D eigenvalue weighted by Crippen LogP contribution is 2.27. The van der Waals surface area contributed by atoms with Crippen molar-refractivity contribution >= 4 is 21.9 Å². The van der Waals surface area contributed by atoms with Gasteiger partial charge in [-0.3, -0.25) is 0 Å². The summed E-state index contributed by atoms with van der Waals surface area (Å²) in [7, 11) is 1.74. The molecular formula is C11H9BrN6O. The number of halogens is 1. The number of aromatic nitrogens is 5. The molecule has 19 heavy (non-hydrogen) atoms. The van der Waals surface area contributed by atoms with Gasteiger partial charge < -0.3 is 9.73 Å². The van der Waals surface area contributed by atoms with E-state index in [1.54, 1.807) is 42.5 Å². The molecule has 0 aliphatic heterocycles. The van der Waals surface area contributed by atoms with Gasteiger partial charge in [0.05, 0.1) is 10.7 Å². The van der Waals surface area contributed by atoms with Gasteiger partial charge in [0.25, 0.3) is 5.95 Å². The molecular weight excluding hydrogens is 312 g/mol. The van der Waals surface area contributed by atoms with Gasteiger partial charge in [0.15, 0.2) is 5.76 Å². The first-order valence-electron chi connectivity index (χ1n) is 5.45. The van der Waals surface area contributed by atoms with Crippen molar-refractivity contribution in [3.63, 3.8) is 0 Å². The lowest BCUT2D eigenvalue weighted by Crippen LogP contribution is -2.08. The van der Waals surface area contributed by atoms with Crippen molar-refractivity contribution in [3.8, 4) is 17.5 Å². The predicted molar refractivity (Wildman–Crippen MR) is 71.9 cm³/mol. The zero-order valence-electron chi connectivity index (χ0n) is 9.91. The lowest BCUT2D eigenvalue weighted by molar-refractivity contribution is 0.575. The second-order valence-corrected chi connectivity index (χ2v) is 4.44. The first-order chi connectivity index (χ1) is 9.28. The first-order valence-corrected chi connectivity index (χ1v) is 6.24. The lowest BCUT2D eigenvalue weighted by Gasteiger charge is -2.05. The zero-order valence-corrected chi connectivity index (χ0v) is 11.5. The number of nitrogens with one attached hydrogen (secondary N) is 1. The quantitative estimate of drug-likeness (QED) is 0.796. The van der Waals surface area contributed by atoms with E-state index in [0.29, 0.717) is 23.5 Å². The third kappa shape index (κ3) is 2.22. The van der Waals surface area contributed by atoms with Crippen LogP contribution >= 0.6 is 15.9 Å². The Morgan fingerprint density at radius 3 is 2.84 bits per heavy atom. The summed E-state index contributed by atoms with van der Waals surface area (Å²) in [6.07, 6.45) is 4.98. The average molecular weight is 321 g/mol. The van der Waals surface area contributed by atoms with Crippen LogP contribution in [0.3, 0.4) is 0 Å². The third-order valence-corrected chi connectivity index (χ3v) is 3.00. The van der Waals surface area contributed by atoms with E-state index >= 15 is 0 Å². The highest BCUT2D eigenvalue weighted by molar-refractivity contribution is 9.10. The van der Waals surface area contributed by atoms with Gasteiger partial charge in [-0.15, -0.1) is 0 Å². The molecule has 3 aromatic heterocycles. The van der Waals surface area contributed by atoms with Crippen LogP contribution in [0.2, 0.25) is 0 Å². The monoisotopic (exact) mass is 320 g/mol. The van der Waals surface area contributed by atoms with Gasteiger partial charge in [-0.1, -0.05) is 0 Å². The van der Waals surface area contributed by atoms with E-state index in [9.17, 15) is 0 Å². The number of hydrogen-bond acceptors (Lipinski definition) is 6. The minimum Gasteiger partial charge on any atom is -0.460 e. The molecule has 1 N–H and O–H groups in total. The summed E-state index contributed by atoms with van der Waals surface area (Å²) in [4.78, 5) is 12.9. The molecule has 3 aromatic rings. The molecule has 0 radical (unpaired) electrons. The van der Waals surface area contributed by atoms with Crippen LogP contribution in [0.1, 0.15) is 0 Å². The first kappa shape index (κ1) is 11.8. The summed E-state index contributed by atoms with van der Waals surface area (Å²) in [6, 6.07) is 3.58. The molecule has 0 saturated carbocycles. The molecule has 0 aliphatic rings. The minimum atomic E-state index is 0.419. The Morgan fingerprint density at radius 2 is 2.21 bits per heavy atom. The fourth-order valence-electron chi connectivity index (χ4n) is 1.52. The van der Waals surface area contributed by atoms with Crippen molar-refractivity contribution in [2.24, 2.45) is 0 Å². The highest BCUT2D eigenvalue weighted by atomic mass is 79.9. The molecule has 3 heterocycles. The van der Waals surface area contributed by atoms with Crippen LogP contribution in [-0.2, 0) is 0 Å². The van der Waals surface area contributed by atoms with Crippen molar-refractivity contribution in [1.82, 2.24) is 24.7 Å². The van der Waals surface area contributed by atoms with E-state index in [2.05, 4.69) is 41.3 Å². The molecule has 0 unspecified atom stereocenters. The summed E-state index contributed by atoms with van der Waals surface area (Å²) in [6.45, 7) is 0. The number of anilines is 1. The molecule has 8 heteroatoms. The normalized spacial score (nSPS) is 10.6. The molecule has 0 aliphatic carbocycles. The smallest absolute Gasteiger partial charge is 0.256 e. The van der Waals surface area contributed by atoms with Crippen LogP contribution in [0.5, 0.6) is 0 Å². The third-order valence-electron chi connectivity index (χ3n) is 2.38. The van der Waals surface area contributed by atoms with Crippen molar-refractivity contribution in [2.45, 2.75) is 0 Å². The van der Waals surface area contributed by atoms with E-state index in [0.717, 1.165) is 4.47 Å². The number of rotatable bonds is 3. The Balaban J connectivity index is 2.16. The van der Waals surface area contributed by atoms with Gasteiger partial charge in [-0.25, -0.2) is 4.68 Å². The van der Waals surface area contributed by atoms with Gasteiger partial charge in [0.1, 0.15) is 0 Å². The topological polar surface area (TPSA) is 81.7 Å². The summed E-state index contributed by atoms with van der Waals surface area (Å²) in [5.74, 6) is 1.84. The van der Waals surface area contributed by atoms with Gasteiger partial charge >= 0.3 is 0 Å². The van der Waals surface area contributed by atoms with Gasteiger partial charge in [0.2, 0.25) is 11.8 Å². The molecule has 0 amide bonds. The minimum absolute atomic E-state index is 0.419. The highest BCUT2D eigenvalue weighted by Gasteiger charge is 2.14. The Hall–Kier alpha value is -2.22. The second kappa shape index (κ2) is 4.81. The maximum Gasteiger partial charge on any atom is 0.256 e. The van der Waals surface area contributed by atoms with Crippen molar-refractivity contribution in [2.75, 3.05) is 12.4 Å². The largest absolute Gasteiger partial charge is 0.460 e. The van der Waals surface area contributed by atoms with Gasteiger partial charge in [-0.05, 0) is 28.1 Å². The van der Waals surface area contributed by atoms with Crippen LogP contribution in [0.25, 0.3) is 17.5 Å². The maximum absolute atomic E-state index is 5.37. The molecule has 0 spiro atoms. The number of hydrogen-bond donors (Lipinski definition) is 1. The van der Waals surface area contributed by atoms with E-state index in [4.69, 9.17) is 4.42 Å². The summed E-state index contributed by atoms with van der Waals surface area (Å²) >= 11 is 3.39. The molecule has 0 bridgehead atoms. The van der Waals surface area contributed by atoms with Crippen LogP contribution in [0, 0.1) is 0 Å². The molecule has 0 fully saturated rings. The molecule has 96 valence electrons. The summed E-state index contributed by atoms with van der Waals surface area (Å²) in [5, 5.41) is 6.99. The average Bonchev–Trinajstić information content (AvgIpc) is 3.09. The standard InChI is InChI=1S/C11H9BrN6O/c1-13-10-15-9(8-7(12)3-6-19-8)16-11(17-10)18-5-2-4-14-18/h2-6H,1H3,(H,13,15,16,17). The molecule has 0 aromatic carbocycles. The number of furan rings is 1. The van der Waals surface area contributed by atoms with Crippen LogP contribution in [0.4, 0.5) is 5.95 Å². The van der Waals surface area contributed by atoms with E-state index < -0.39 is 0 Å². The molecule has 0 saturated heterocycles. The summed E-state index contributed by atoms with van der Waals surface area (Å²) in [5.41, 5.74) is 0. The van der Waals surface area contributed by atoms with Crippen LogP contribution < -0.4 is 5.32 Å². The van der Waals surface area contributed by atoms with Gasteiger partial charge in [0, 0.05) is 19.4 Å². The second-order valence-electron chi connectivity index (χ2n) is 3.58. The molecule has 7 nitrogen and oxygen atoms in total. The Kier molecular flexibility index (Phi) is 3.00. The fraction of sp³-hybridized carbons (Fsp3) is 0.0909. The van der Waals surface area contributed by atoms with E-state index in [1.807, 2.05) is 0 Å². The zero-order chi connectivity index (χ0) is 13.2. The number of nitrogens with zero attached hydrogens (tertiary/aromatic N) is 5. The predicted octanol–water partition coefficient (Wildman–Crippen LogP) is 2.12. The Morgan fingerprint density at radius 1 is 1.32 bits per heavy atom.